The van der Waals surface area contributed by atoms with Crippen molar-refractivity contribution in [3.05, 3.63) is 53.6 Å². The summed E-state index contributed by atoms with van der Waals surface area (Å²) in [6.45, 7) is 0.632. The SMILES string of the molecule is O=S1(=O)C=CC(NCc2ccnc3ccccc23)C1. The van der Waals surface area contributed by atoms with Gasteiger partial charge >= 0.3 is 0 Å². The second-order valence-corrected chi connectivity index (χ2v) is 6.56. The zero-order valence-electron chi connectivity index (χ0n) is 10.3. The van der Waals surface area contributed by atoms with Crippen LogP contribution in [-0.4, -0.2) is 25.2 Å². The van der Waals surface area contributed by atoms with E-state index in [9.17, 15) is 8.42 Å². The molecule has 4 nitrogen and oxygen atoms in total. The monoisotopic (exact) mass is 274 g/mol. The molecule has 0 bridgehead atoms. The average Bonchev–Trinajstić information content (AvgIpc) is 2.76. The fraction of sp³-hybridized carbons (Fsp3) is 0.214. The maximum absolute atomic E-state index is 11.3. The summed E-state index contributed by atoms with van der Waals surface area (Å²) in [4.78, 5) is 4.31. The van der Waals surface area contributed by atoms with Crippen LogP contribution < -0.4 is 5.32 Å². The van der Waals surface area contributed by atoms with E-state index in [1.165, 1.54) is 5.41 Å². The largest absolute Gasteiger partial charge is 0.305 e. The molecule has 2 aromatic rings. The van der Waals surface area contributed by atoms with Crippen LogP contribution in [0.5, 0.6) is 0 Å². The molecule has 1 unspecified atom stereocenters. The Hall–Kier alpha value is -1.72. The number of hydrogen-bond acceptors (Lipinski definition) is 4. The van der Waals surface area contributed by atoms with Crippen LogP contribution in [0.4, 0.5) is 0 Å². The number of para-hydroxylation sites is 1. The van der Waals surface area contributed by atoms with E-state index < -0.39 is 9.84 Å². The Kier molecular flexibility index (Phi) is 3.08. The van der Waals surface area contributed by atoms with Gasteiger partial charge in [0.25, 0.3) is 0 Å². The molecule has 98 valence electrons. The van der Waals surface area contributed by atoms with Crippen LogP contribution in [0, 0.1) is 0 Å². The summed E-state index contributed by atoms with van der Waals surface area (Å²) in [5.74, 6) is 0.149. The minimum Gasteiger partial charge on any atom is -0.305 e. The number of nitrogens with zero attached hydrogens (tertiary/aromatic N) is 1. The van der Waals surface area contributed by atoms with Gasteiger partial charge in [-0.1, -0.05) is 24.3 Å². The highest BCUT2D eigenvalue weighted by atomic mass is 32.2. The molecule has 19 heavy (non-hydrogen) atoms. The molecule has 1 N–H and O–H groups in total. The Bertz CT molecular complexity index is 733. The second kappa shape index (κ2) is 4.75. The molecule has 0 aliphatic carbocycles. The van der Waals surface area contributed by atoms with Gasteiger partial charge in [0.05, 0.1) is 11.3 Å². The number of rotatable bonds is 3. The first kappa shape index (κ1) is 12.3. The fourth-order valence-corrected chi connectivity index (χ4v) is 3.52. The molecule has 0 radical (unpaired) electrons. The summed E-state index contributed by atoms with van der Waals surface area (Å²) in [5.41, 5.74) is 2.08. The third-order valence-corrected chi connectivity index (χ3v) is 4.62. The van der Waals surface area contributed by atoms with Crippen molar-refractivity contribution in [3.8, 4) is 0 Å². The smallest absolute Gasteiger partial charge is 0.173 e. The van der Waals surface area contributed by atoms with Gasteiger partial charge in [-0.15, -0.1) is 0 Å². The second-order valence-electron chi connectivity index (χ2n) is 4.63. The standard InChI is InChI=1S/C14H14N2O2S/c17-19(18)8-6-12(10-19)16-9-11-5-7-15-14-4-2-1-3-13(11)14/h1-8,12,16H,9-10H2. The highest BCUT2D eigenvalue weighted by Gasteiger charge is 2.20. The van der Waals surface area contributed by atoms with E-state index in [1.54, 1.807) is 12.3 Å². The molecule has 1 aliphatic heterocycles. The van der Waals surface area contributed by atoms with Crippen molar-refractivity contribution in [2.75, 3.05) is 5.75 Å². The van der Waals surface area contributed by atoms with Crippen molar-refractivity contribution in [3.63, 3.8) is 0 Å². The fourth-order valence-electron chi connectivity index (χ4n) is 2.25. The van der Waals surface area contributed by atoms with E-state index in [-0.39, 0.29) is 11.8 Å². The predicted molar refractivity (Wildman–Crippen MR) is 75.3 cm³/mol. The van der Waals surface area contributed by atoms with Crippen LogP contribution in [0.25, 0.3) is 10.9 Å². The average molecular weight is 274 g/mol. The van der Waals surface area contributed by atoms with Gasteiger partial charge in [-0.05, 0) is 17.7 Å². The lowest BCUT2D eigenvalue weighted by atomic mass is 10.1. The molecule has 0 saturated carbocycles. The van der Waals surface area contributed by atoms with Gasteiger partial charge in [0.1, 0.15) is 0 Å². The molecule has 1 aliphatic rings. The molecular formula is C14H14N2O2S. The summed E-state index contributed by atoms with van der Waals surface area (Å²) >= 11 is 0. The van der Waals surface area contributed by atoms with E-state index in [1.807, 2.05) is 30.3 Å². The molecule has 1 atom stereocenters. The van der Waals surface area contributed by atoms with Crippen LogP contribution in [-0.2, 0) is 16.4 Å². The van der Waals surface area contributed by atoms with Crippen LogP contribution >= 0.6 is 0 Å². The molecule has 0 fully saturated rings. The molecule has 1 aromatic carbocycles. The minimum atomic E-state index is -3.00. The van der Waals surface area contributed by atoms with Gasteiger partial charge < -0.3 is 5.32 Å². The lowest BCUT2D eigenvalue weighted by Gasteiger charge is -2.11. The lowest BCUT2D eigenvalue weighted by molar-refractivity contribution is 0.591. The Balaban J connectivity index is 1.78. The molecule has 0 spiro atoms. The molecule has 1 aromatic heterocycles. The molecule has 0 saturated heterocycles. The summed E-state index contributed by atoms with van der Waals surface area (Å²) < 4.78 is 22.7. The Morgan fingerprint density at radius 3 is 2.89 bits per heavy atom. The van der Waals surface area contributed by atoms with E-state index in [4.69, 9.17) is 0 Å². The Morgan fingerprint density at radius 2 is 2.11 bits per heavy atom. The number of benzene rings is 1. The normalized spacial score (nSPS) is 20.9. The number of sulfone groups is 1. The summed E-state index contributed by atoms with van der Waals surface area (Å²) in [5, 5.41) is 5.64. The third kappa shape index (κ3) is 2.67. The third-order valence-electron chi connectivity index (χ3n) is 3.22. The van der Waals surface area contributed by atoms with Crippen LogP contribution in [0.15, 0.2) is 48.0 Å². The van der Waals surface area contributed by atoms with Gasteiger partial charge in [-0.2, -0.15) is 0 Å². The number of nitrogens with one attached hydrogen (secondary N) is 1. The van der Waals surface area contributed by atoms with E-state index >= 15 is 0 Å². The lowest BCUT2D eigenvalue weighted by Crippen LogP contribution is -2.29. The van der Waals surface area contributed by atoms with Crippen LogP contribution in [0.3, 0.4) is 0 Å². The molecule has 0 amide bonds. The van der Waals surface area contributed by atoms with Gasteiger partial charge in [0, 0.05) is 29.6 Å². The Labute approximate surface area is 112 Å². The quantitative estimate of drug-likeness (QED) is 0.924. The number of hydrogen-bond donors (Lipinski definition) is 1. The Morgan fingerprint density at radius 1 is 1.26 bits per heavy atom. The van der Waals surface area contributed by atoms with Gasteiger partial charge in [-0.25, -0.2) is 8.42 Å². The summed E-state index contributed by atoms with van der Waals surface area (Å²) in [6.07, 6.45) is 3.49. The van der Waals surface area contributed by atoms with Crippen molar-refractivity contribution in [1.82, 2.24) is 10.3 Å². The molecular weight excluding hydrogens is 260 g/mol. The maximum atomic E-state index is 11.3. The first-order valence-electron chi connectivity index (χ1n) is 6.11. The van der Waals surface area contributed by atoms with E-state index in [0.717, 1.165) is 16.5 Å². The van der Waals surface area contributed by atoms with Gasteiger partial charge in [0.2, 0.25) is 0 Å². The molecule has 5 heteroatoms. The topological polar surface area (TPSA) is 59.1 Å². The number of fused-ring (bicyclic) bond motifs is 1. The highest BCUT2D eigenvalue weighted by Crippen LogP contribution is 2.16. The zero-order chi connectivity index (χ0) is 13.3. The first-order valence-corrected chi connectivity index (χ1v) is 7.82. The molecule has 2 heterocycles. The maximum Gasteiger partial charge on any atom is 0.173 e. The van der Waals surface area contributed by atoms with E-state index in [2.05, 4.69) is 10.3 Å². The summed E-state index contributed by atoms with van der Waals surface area (Å²) in [6, 6.07) is 9.80. The minimum absolute atomic E-state index is 0.100. The van der Waals surface area contributed by atoms with Crippen LogP contribution in [0.2, 0.25) is 0 Å². The number of pyridine rings is 1. The zero-order valence-corrected chi connectivity index (χ0v) is 11.1. The molecule has 3 rings (SSSR count). The summed E-state index contributed by atoms with van der Waals surface area (Å²) in [7, 11) is -3.00. The number of aromatic nitrogens is 1. The van der Waals surface area contributed by atoms with Crippen molar-refractivity contribution in [2.24, 2.45) is 0 Å². The van der Waals surface area contributed by atoms with E-state index in [0.29, 0.717) is 6.54 Å². The first-order chi connectivity index (χ1) is 9.14. The van der Waals surface area contributed by atoms with Crippen LogP contribution in [0.1, 0.15) is 5.56 Å². The van der Waals surface area contributed by atoms with Gasteiger partial charge in [0.15, 0.2) is 9.84 Å². The van der Waals surface area contributed by atoms with Crippen molar-refractivity contribution in [2.45, 2.75) is 12.6 Å². The van der Waals surface area contributed by atoms with Gasteiger partial charge in [-0.3, -0.25) is 4.98 Å². The van der Waals surface area contributed by atoms with Crippen molar-refractivity contribution >= 4 is 20.7 Å². The predicted octanol–water partition coefficient (Wildman–Crippen LogP) is 1.64. The van der Waals surface area contributed by atoms with Crippen molar-refractivity contribution in [1.29, 1.82) is 0 Å². The highest BCUT2D eigenvalue weighted by molar-refractivity contribution is 7.94. The van der Waals surface area contributed by atoms with Crippen molar-refractivity contribution < 1.29 is 8.42 Å².